The number of piperidine rings is 1. The molecule has 0 bridgehead atoms. The van der Waals surface area contributed by atoms with Crippen LogP contribution in [0.1, 0.15) is 0 Å². The number of amides is 2. The van der Waals surface area contributed by atoms with Crippen molar-refractivity contribution in [2.45, 2.75) is 0 Å². The van der Waals surface area contributed by atoms with Gasteiger partial charge in [0, 0.05) is 32.4 Å². The zero-order valence-corrected chi connectivity index (χ0v) is 14.5. The molecule has 1 aliphatic heterocycles. The number of hydrogen-bond acceptors (Lipinski definition) is 4. The van der Waals surface area contributed by atoms with Crippen LogP contribution < -0.4 is 11.1 Å². The molecule has 1 aromatic carbocycles. The number of nitrogen functional groups attached to an aromatic ring is 1. The molecule has 2 aliphatic rings. The third-order valence-electron chi connectivity index (χ3n) is 5.31. The molecule has 136 valence electrons. The maximum absolute atomic E-state index is 13.1. The van der Waals surface area contributed by atoms with Gasteiger partial charge in [-0.2, -0.15) is 0 Å². The van der Waals surface area contributed by atoms with Gasteiger partial charge in [-0.25, -0.2) is 14.2 Å². The van der Waals surface area contributed by atoms with Crippen LogP contribution in [0.25, 0.3) is 11.3 Å². The van der Waals surface area contributed by atoms with Crippen molar-refractivity contribution in [3.8, 4) is 11.3 Å². The molecule has 3 N–H and O–H groups in total. The number of halogens is 1. The summed E-state index contributed by atoms with van der Waals surface area (Å²) in [6.45, 7) is 2.24. The van der Waals surface area contributed by atoms with Crippen molar-refractivity contribution in [3.05, 3.63) is 42.2 Å². The number of nitrogens with two attached hydrogens (primary N) is 1. The highest BCUT2D eigenvalue weighted by molar-refractivity contribution is 5.92. The summed E-state index contributed by atoms with van der Waals surface area (Å²) in [5, 5.41) is 2.81. The molecule has 1 saturated heterocycles. The summed E-state index contributed by atoms with van der Waals surface area (Å²) in [6, 6.07) is 9.28. The molecule has 1 aromatic heterocycles. The largest absolute Gasteiger partial charge is 0.396 e. The average molecular weight is 356 g/mol. The molecule has 0 spiro atoms. The first-order valence-corrected chi connectivity index (χ1v) is 8.64. The van der Waals surface area contributed by atoms with E-state index in [2.05, 4.69) is 10.3 Å². The number of pyridine rings is 1. The van der Waals surface area contributed by atoms with Crippen molar-refractivity contribution < 1.29 is 13.9 Å². The van der Waals surface area contributed by atoms with Gasteiger partial charge >= 0.3 is 6.03 Å². The number of hydrogen-bond donors (Lipinski definition) is 2. The quantitative estimate of drug-likeness (QED) is 0.883. The predicted molar refractivity (Wildman–Crippen MR) is 97.0 cm³/mol. The van der Waals surface area contributed by atoms with Crippen LogP contribution in [0.5, 0.6) is 0 Å². The Morgan fingerprint density at radius 3 is 2.62 bits per heavy atom. The van der Waals surface area contributed by atoms with Crippen LogP contribution in [-0.2, 0) is 4.74 Å². The molecule has 2 fully saturated rings. The minimum atomic E-state index is -0.308. The molecule has 0 radical (unpaired) electrons. The number of rotatable bonds is 4. The molecule has 1 saturated carbocycles. The van der Waals surface area contributed by atoms with Crippen LogP contribution in [-0.4, -0.2) is 42.7 Å². The van der Waals surface area contributed by atoms with Crippen LogP contribution in [0.2, 0.25) is 0 Å². The van der Waals surface area contributed by atoms with E-state index >= 15 is 0 Å². The normalized spacial score (nSPS) is 23.6. The van der Waals surface area contributed by atoms with Crippen LogP contribution in [0.4, 0.5) is 20.7 Å². The predicted octanol–water partition coefficient (Wildman–Crippen LogP) is 2.83. The van der Waals surface area contributed by atoms with E-state index in [4.69, 9.17) is 10.5 Å². The van der Waals surface area contributed by atoms with Crippen molar-refractivity contribution in [3.63, 3.8) is 0 Å². The van der Waals surface area contributed by atoms with Crippen molar-refractivity contribution >= 4 is 17.5 Å². The lowest BCUT2D eigenvalue weighted by atomic mass is 10.1. The first kappa shape index (κ1) is 16.8. The van der Waals surface area contributed by atoms with Crippen molar-refractivity contribution in [1.29, 1.82) is 0 Å². The Balaban J connectivity index is 1.44. The van der Waals surface area contributed by atoms with E-state index < -0.39 is 0 Å². The second kappa shape index (κ2) is 6.57. The summed E-state index contributed by atoms with van der Waals surface area (Å²) < 4.78 is 18.3. The standard InChI is InChI=1S/C19H21FN4O2/c1-26-10-15-13-8-24(9-14(13)15)19(25)23-18-16(21)6-7-17(22-18)11-2-4-12(20)5-3-11/h2-7,13-15H,8-10,21H2,1H3,(H,22,23,25)/t13-,14+,15?. The summed E-state index contributed by atoms with van der Waals surface area (Å²) in [4.78, 5) is 18.8. The minimum absolute atomic E-state index is 0.191. The third kappa shape index (κ3) is 3.10. The van der Waals surface area contributed by atoms with Crippen molar-refractivity contribution in [2.75, 3.05) is 37.9 Å². The molecule has 2 aromatic rings. The SMILES string of the molecule is COCC1[C@H]2CN(C(=O)Nc3nc(-c4ccc(F)cc4)ccc3N)C[C@@H]12. The highest BCUT2D eigenvalue weighted by atomic mass is 19.1. The Bertz CT molecular complexity index is 815. The Hall–Kier alpha value is -2.67. The number of nitrogens with zero attached hydrogens (tertiary/aromatic N) is 2. The lowest BCUT2D eigenvalue weighted by molar-refractivity contribution is 0.163. The van der Waals surface area contributed by atoms with Crippen LogP contribution in [0.15, 0.2) is 36.4 Å². The zero-order valence-electron chi connectivity index (χ0n) is 14.5. The fourth-order valence-corrected chi connectivity index (χ4v) is 3.79. The number of carbonyl (C=O) groups is 1. The number of urea groups is 1. The number of benzene rings is 1. The number of aromatic nitrogens is 1. The molecule has 4 rings (SSSR count). The van der Waals surface area contributed by atoms with E-state index in [1.165, 1.54) is 12.1 Å². The molecule has 3 atom stereocenters. The third-order valence-corrected chi connectivity index (χ3v) is 5.31. The molecule has 1 unspecified atom stereocenters. The van der Waals surface area contributed by atoms with Gasteiger partial charge in [0.15, 0.2) is 5.82 Å². The molecule has 6 nitrogen and oxygen atoms in total. The maximum atomic E-state index is 13.1. The lowest BCUT2D eigenvalue weighted by Gasteiger charge is -2.20. The molecule has 2 heterocycles. The number of anilines is 2. The van der Waals surface area contributed by atoms with E-state index in [0.29, 0.717) is 35.0 Å². The maximum Gasteiger partial charge on any atom is 0.323 e. The molecular formula is C19H21FN4O2. The van der Waals surface area contributed by atoms with E-state index in [1.54, 1.807) is 36.3 Å². The lowest BCUT2D eigenvalue weighted by Crippen LogP contribution is -2.36. The highest BCUT2D eigenvalue weighted by Gasteiger charge is 2.56. The van der Waals surface area contributed by atoms with Gasteiger partial charge in [-0.1, -0.05) is 0 Å². The Morgan fingerprint density at radius 1 is 1.27 bits per heavy atom. The van der Waals surface area contributed by atoms with E-state index in [0.717, 1.165) is 25.3 Å². The van der Waals surface area contributed by atoms with E-state index in [-0.39, 0.29) is 11.8 Å². The van der Waals surface area contributed by atoms with Gasteiger partial charge in [0.05, 0.1) is 11.4 Å². The molecule has 2 amide bonds. The van der Waals surface area contributed by atoms with Gasteiger partial charge in [-0.05, 0) is 54.2 Å². The molecule has 26 heavy (non-hydrogen) atoms. The fraction of sp³-hybridized carbons (Fsp3) is 0.368. The molecule has 1 aliphatic carbocycles. The smallest absolute Gasteiger partial charge is 0.323 e. The van der Waals surface area contributed by atoms with Gasteiger partial charge in [0.25, 0.3) is 0 Å². The van der Waals surface area contributed by atoms with Gasteiger partial charge in [-0.3, -0.25) is 5.32 Å². The Morgan fingerprint density at radius 2 is 1.96 bits per heavy atom. The van der Waals surface area contributed by atoms with Crippen LogP contribution in [0.3, 0.4) is 0 Å². The first-order valence-electron chi connectivity index (χ1n) is 8.64. The zero-order chi connectivity index (χ0) is 18.3. The summed E-state index contributed by atoms with van der Waals surface area (Å²) in [5.74, 6) is 1.67. The Labute approximate surface area is 151 Å². The first-order chi connectivity index (χ1) is 12.6. The topological polar surface area (TPSA) is 80.5 Å². The monoisotopic (exact) mass is 356 g/mol. The van der Waals surface area contributed by atoms with Gasteiger partial charge < -0.3 is 15.4 Å². The molecular weight excluding hydrogens is 335 g/mol. The summed E-state index contributed by atoms with van der Waals surface area (Å²) >= 11 is 0. The second-order valence-corrected chi connectivity index (χ2v) is 6.92. The van der Waals surface area contributed by atoms with Crippen LogP contribution in [0, 0.1) is 23.6 Å². The summed E-state index contributed by atoms with van der Waals surface area (Å²) in [7, 11) is 1.71. The highest BCUT2D eigenvalue weighted by Crippen LogP contribution is 2.51. The van der Waals surface area contributed by atoms with Crippen molar-refractivity contribution in [1.82, 2.24) is 9.88 Å². The Kier molecular flexibility index (Phi) is 4.24. The number of likely N-dealkylation sites (tertiary alicyclic amines) is 1. The van der Waals surface area contributed by atoms with E-state index in [9.17, 15) is 9.18 Å². The van der Waals surface area contributed by atoms with Gasteiger partial charge in [0.2, 0.25) is 0 Å². The van der Waals surface area contributed by atoms with E-state index in [1.807, 2.05) is 0 Å². The van der Waals surface area contributed by atoms with Gasteiger partial charge in [0.1, 0.15) is 5.82 Å². The summed E-state index contributed by atoms with van der Waals surface area (Å²) in [5.41, 5.74) is 7.74. The van der Waals surface area contributed by atoms with Gasteiger partial charge in [-0.15, -0.1) is 0 Å². The number of ether oxygens (including phenoxy) is 1. The minimum Gasteiger partial charge on any atom is -0.396 e. The van der Waals surface area contributed by atoms with Crippen LogP contribution >= 0.6 is 0 Å². The average Bonchev–Trinajstić information content (AvgIpc) is 3.07. The number of nitrogens with one attached hydrogen (secondary N) is 1. The van der Waals surface area contributed by atoms with Crippen molar-refractivity contribution in [2.24, 2.45) is 17.8 Å². The molecule has 7 heteroatoms. The fourth-order valence-electron chi connectivity index (χ4n) is 3.79. The second-order valence-electron chi connectivity index (χ2n) is 6.92. The number of carbonyl (C=O) groups excluding carboxylic acids is 1. The number of fused-ring (bicyclic) bond motifs is 1. The number of methoxy groups -OCH3 is 1. The summed E-state index contributed by atoms with van der Waals surface area (Å²) in [6.07, 6.45) is 0.